The fourth-order valence-corrected chi connectivity index (χ4v) is 2.11. The molecule has 4 heteroatoms. The molecular formula is C13H23N3S. The van der Waals surface area contributed by atoms with Gasteiger partial charge in [-0.2, -0.15) is 11.8 Å². The summed E-state index contributed by atoms with van der Waals surface area (Å²) in [7, 11) is 2.10. The topological polar surface area (TPSA) is 42.1 Å². The lowest BCUT2D eigenvalue weighted by Crippen LogP contribution is -2.21. The van der Waals surface area contributed by atoms with E-state index in [1.807, 2.05) is 11.8 Å². The van der Waals surface area contributed by atoms with Crippen LogP contribution in [0.1, 0.15) is 24.6 Å². The quantitative estimate of drug-likeness (QED) is 0.757. The molecule has 2 N–H and O–H groups in total. The Bertz CT molecular complexity index is 319. The Labute approximate surface area is 109 Å². The molecule has 3 nitrogen and oxygen atoms in total. The first-order valence-corrected chi connectivity index (χ1v) is 7.50. The maximum absolute atomic E-state index is 5.71. The van der Waals surface area contributed by atoms with Gasteiger partial charge >= 0.3 is 0 Å². The summed E-state index contributed by atoms with van der Waals surface area (Å²) in [5, 5.41) is 0. The van der Waals surface area contributed by atoms with Gasteiger partial charge in [0.2, 0.25) is 0 Å². The highest BCUT2D eigenvalue weighted by molar-refractivity contribution is 7.98. The Balaban J connectivity index is 2.73. The van der Waals surface area contributed by atoms with Crippen molar-refractivity contribution in [3.05, 3.63) is 23.4 Å². The van der Waals surface area contributed by atoms with Gasteiger partial charge in [-0.1, -0.05) is 6.92 Å². The van der Waals surface area contributed by atoms with Gasteiger partial charge in [-0.15, -0.1) is 0 Å². The van der Waals surface area contributed by atoms with Crippen LogP contribution in [0.3, 0.4) is 0 Å². The van der Waals surface area contributed by atoms with Crippen LogP contribution in [0, 0.1) is 0 Å². The van der Waals surface area contributed by atoms with Crippen LogP contribution in [0.4, 0.5) is 5.82 Å². The van der Waals surface area contributed by atoms with E-state index in [4.69, 9.17) is 5.73 Å². The first-order chi connectivity index (χ1) is 8.21. The van der Waals surface area contributed by atoms with Gasteiger partial charge in [0.15, 0.2) is 0 Å². The molecule has 0 aromatic carbocycles. The van der Waals surface area contributed by atoms with E-state index in [1.54, 1.807) is 0 Å². The van der Waals surface area contributed by atoms with E-state index in [-0.39, 0.29) is 0 Å². The summed E-state index contributed by atoms with van der Waals surface area (Å²) >= 11 is 1.89. The monoisotopic (exact) mass is 253 g/mol. The highest BCUT2D eigenvalue weighted by atomic mass is 32.2. The summed E-state index contributed by atoms with van der Waals surface area (Å²) in [6.07, 6.45) is 4.29. The van der Waals surface area contributed by atoms with E-state index in [0.717, 1.165) is 24.5 Å². The molecule has 1 rings (SSSR count). The zero-order chi connectivity index (χ0) is 12.7. The lowest BCUT2D eigenvalue weighted by molar-refractivity contribution is 0.834. The second kappa shape index (κ2) is 7.56. The van der Waals surface area contributed by atoms with Gasteiger partial charge < -0.3 is 10.6 Å². The van der Waals surface area contributed by atoms with E-state index < -0.39 is 0 Å². The van der Waals surface area contributed by atoms with Crippen molar-refractivity contribution in [3.8, 4) is 0 Å². The molecule has 17 heavy (non-hydrogen) atoms. The summed E-state index contributed by atoms with van der Waals surface area (Å²) < 4.78 is 0. The number of pyridine rings is 1. The smallest absolute Gasteiger partial charge is 0.128 e. The Morgan fingerprint density at radius 3 is 2.76 bits per heavy atom. The molecule has 1 heterocycles. The lowest BCUT2D eigenvalue weighted by Gasteiger charge is -2.19. The van der Waals surface area contributed by atoms with Gasteiger partial charge in [0.1, 0.15) is 5.82 Å². The van der Waals surface area contributed by atoms with Gasteiger partial charge in [-0.05, 0) is 42.5 Å². The largest absolute Gasteiger partial charge is 0.360 e. The van der Waals surface area contributed by atoms with Gasteiger partial charge in [0, 0.05) is 25.8 Å². The van der Waals surface area contributed by atoms with Crippen molar-refractivity contribution in [1.29, 1.82) is 0 Å². The van der Waals surface area contributed by atoms with Crippen LogP contribution in [0.15, 0.2) is 12.1 Å². The van der Waals surface area contributed by atoms with E-state index in [9.17, 15) is 0 Å². The Kier molecular flexibility index (Phi) is 6.37. The lowest BCUT2D eigenvalue weighted by atomic mass is 10.2. The van der Waals surface area contributed by atoms with Gasteiger partial charge in [0.25, 0.3) is 0 Å². The number of hydrogen-bond acceptors (Lipinski definition) is 4. The van der Waals surface area contributed by atoms with Crippen LogP contribution >= 0.6 is 11.8 Å². The average Bonchev–Trinajstić information content (AvgIpc) is 2.38. The van der Waals surface area contributed by atoms with Crippen molar-refractivity contribution in [2.75, 3.05) is 30.5 Å². The van der Waals surface area contributed by atoms with Crippen molar-refractivity contribution in [3.63, 3.8) is 0 Å². The predicted octanol–water partition coefficient (Wildman–Crippen LogP) is 2.29. The van der Waals surface area contributed by atoms with Crippen molar-refractivity contribution >= 4 is 17.6 Å². The number of rotatable bonds is 7. The molecule has 0 aliphatic heterocycles. The third-order valence-electron chi connectivity index (χ3n) is 2.76. The van der Waals surface area contributed by atoms with Crippen LogP contribution in [0.5, 0.6) is 0 Å². The molecule has 0 aliphatic rings. The second-order valence-electron chi connectivity index (χ2n) is 4.15. The number of thioether (sulfide) groups is 1. The number of aromatic nitrogens is 1. The number of hydrogen-bond donors (Lipinski definition) is 1. The maximum atomic E-state index is 5.71. The highest BCUT2D eigenvalue weighted by Gasteiger charge is 2.05. The fraction of sp³-hybridized carbons (Fsp3) is 0.615. The van der Waals surface area contributed by atoms with Crippen molar-refractivity contribution in [2.45, 2.75) is 26.3 Å². The van der Waals surface area contributed by atoms with E-state index in [0.29, 0.717) is 6.54 Å². The third kappa shape index (κ3) is 4.56. The molecule has 1 aromatic rings. The second-order valence-corrected chi connectivity index (χ2v) is 5.14. The molecule has 0 atom stereocenters. The summed E-state index contributed by atoms with van der Waals surface area (Å²) in [5.74, 6) is 2.24. The van der Waals surface area contributed by atoms with Crippen LogP contribution in [-0.4, -0.2) is 30.6 Å². The summed E-state index contributed by atoms with van der Waals surface area (Å²) in [6, 6.07) is 4.19. The Morgan fingerprint density at radius 1 is 1.41 bits per heavy atom. The molecular weight excluding hydrogens is 230 g/mol. The van der Waals surface area contributed by atoms with Crippen LogP contribution in [0.25, 0.3) is 0 Å². The number of nitrogens with zero attached hydrogens (tertiary/aromatic N) is 2. The van der Waals surface area contributed by atoms with E-state index >= 15 is 0 Å². The third-order valence-corrected chi connectivity index (χ3v) is 3.45. The highest BCUT2D eigenvalue weighted by Crippen LogP contribution is 2.15. The predicted molar refractivity (Wildman–Crippen MR) is 77.8 cm³/mol. The van der Waals surface area contributed by atoms with Crippen LogP contribution in [-0.2, 0) is 13.0 Å². The van der Waals surface area contributed by atoms with Crippen LogP contribution in [0.2, 0.25) is 0 Å². The number of anilines is 1. The minimum Gasteiger partial charge on any atom is -0.360 e. The molecule has 0 radical (unpaired) electrons. The molecule has 0 bridgehead atoms. The molecule has 0 aliphatic carbocycles. The van der Waals surface area contributed by atoms with E-state index in [2.05, 4.69) is 42.2 Å². The van der Waals surface area contributed by atoms with Crippen molar-refractivity contribution in [1.82, 2.24) is 4.98 Å². The maximum Gasteiger partial charge on any atom is 0.128 e. The molecule has 0 saturated heterocycles. The normalized spacial score (nSPS) is 10.6. The molecule has 0 saturated carbocycles. The fourth-order valence-electron chi connectivity index (χ4n) is 1.69. The zero-order valence-electron chi connectivity index (χ0n) is 11.1. The van der Waals surface area contributed by atoms with Gasteiger partial charge in [-0.25, -0.2) is 4.98 Å². The van der Waals surface area contributed by atoms with Gasteiger partial charge in [-0.3, -0.25) is 0 Å². The molecule has 0 unspecified atom stereocenters. The SMILES string of the molecule is CCc1cc(CN)cc(N(C)CCCSC)n1. The first-order valence-electron chi connectivity index (χ1n) is 6.11. The van der Waals surface area contributed by atoms with Crippen molar-refractivity contribution in [2.24, 2.45) is 5.73 Å². The average molecular weight is 253 g/mol. The van der Waals surface area contributed by atoms with Crippen molar-refractivity contribution < 1.29 is 0 Å². The zero-order valence-corrected chi connectivity index (χ0v) is 11.9. The molecule has 0 amide bonds. The van der Waals surface area contributed by atoms with Gasteiger partial charge in [0.05, 0.1) is 0 Å². The molecule has 0 fully saturated rings. The summed E-state index contributed by atoms with van der Waals surface area (Å²) in [6.45, 7) is 3.76. The molecule has 96 valence electrons. The number of nitrogens with two attached hydrogens (primary N) is 1. The summed E-state index contributed by atoms with van der Waals surface area (Å²) in [5.41, 5.74) is 8.01. The molecule has 0 spiro atoms. The number of aryl methyl sites for hydroxylation is 1. The Hall–Kier alpha value is -0.740. The Morgan fingerprint density at radius 2 is 2.18 bits per heavy atom. The van der Waals surface area contributed by atoms with E-state index in [1.165, 1.54) is 17.7 Å². The minimum atomic E-state index is 0.584. The standard InChI is InChI=1S/C13H23N3S/c1-4-12-8-11(10-14)9-13(15-12)16(2)6-5-7-17-3/h8-9H,4-7,10,14H2,1-3H3. The van der Waals surface area contributed by atoms with Crippen LogP contribution < -0.4 is 10.6 Å². The molecule has 1 aromatic heterocycles. The first kappa shape index (κ1) is 14.3. The summed E-state index contributed by atoms with van der Waals surface area (Å²) in [4.78, 5) is 6.86. The minimum absolute atomic E-state index is 0.584.